The number of benzene rings is 2. The summed E-state index contributed by atoms with van der Waals surface area (Å²) in [6.07, 6.45) is 1.17. The molecule has 156 valence electrons. The monoisotopic (exact) mass is 437 g/mol. The van der Waals surface area contributed by atoms with E-state index in [2.05, 4.69) is 4.90 Å². The molecular formula is C22H25Cl2NO4. The Morgan fingerprint density at radius 3 is 2.17 bits per heavy atom. The second-order valence-electron chi connectivity index (χ2n) is 7.05. The second kappa shape index (κ2) is 9.70. The van der Waals surface area contributed by atoms with Crippen molar-refractivity contribution >= 4 is 29.2 Å². The highest BCUT2D eigenvalue weighted by molar-refractivity contribution is 6.31. The molecule has 1 atom stereocenters. The zero-order valence-electron chi connectivity index (χ0n) is 16.5. The molecule has 5 nitrogen and oxygen atoms in total. The van der Waals surface area contributed by atoms with Crippen molar-refractivity contribution in [2.45, 2.75) is 25.8 Å². The highest BCUT2D eigenvalue weighted by Gasteiger charge is 2.33. The third kappa shape index (κ3) is 4.97. The Hall–Kier alpha value is -1.95. The zero-order valence-corrected chi connectivity index (χ0v) is 18.0. The quantitative estimate of drug-likeness (QED) is 0.637. The third-order valence-electron chi connectivity index (χ3n) is 5.30. The van der Waals surface area contributed by atoms with Crippen molar-refractivity contribution in [1.29, 1.82) is 0 Å². The van der Waals surface area contributed by atoms with Crippen LogP contribution in [0.3, 0.4) is 0 Å². The third-order valence-corrected chi connectivity index (χ3v) is 5.77. The van der Waals surface area contributed by atoms with Gasteiger partial charge in [-0.05, 0) is 69.3 Å². The average Bonchev–Trinajstić information content (AvgIpc) is 2.71. The van der Waals surface area contributed by atoms with Crippen LogP contribution in [0, 0.1) is 5.92 Å². The molecule has 0 saturated carbocycles. The van der Waals surface area contributed by atoms with Gasteiger partial charge in [0.2, 0.25) is 0 Å². The average molecular weight is 438 g/mol. The number of carboxylic acid groups (broad SMARTS) is 1. The Labute approximate surface area is 181 Å². The van der Waals surface area contributed by atoms with Crippen LogP contribution >= 0.6 is 23.2 Å². The van der Waals surface area contributed by atoms with Crippen LogP contribution in [0.5, 0.6) is 11.5 Å². The molecule has 1 aliphatic rings. The number of carboxylic acids is 1. The van der Waals surface area contributed by atoms with E-state index in [9.17, 15) is 9.90 Å². The number of piperidine rings is 1. The number of methoxy groups -OCH3 is 1. The van der Waals surface area contributed by atoms with Crippen LogP contribution in [0.4, 0.5) is 0 Å². The molecule has 2 aromatic rings. The Bertz CT molecular complexity index is 866. The molecule has 1 heterocycles. The van der Waals surface area contributed by atoms with E-state index in [-0.39, 0.29) is 12.0 Å². The van der Waals surface area contributed by atoms with E-state index in [1.165, 1.54) is 0 Å². The van der Waals surface area contributed by atoms with Crippen LogP contribution in [0.15, 0.2) is 36.4 Å². The van der Waals surface area contributed by atoms with E-state index in [1.807, 2.05) is 31.2 Å². The fourth-order valence-corrected chi connectivity index (χ4v) is 4.27. The van der Waals surface area contributed by atoms with E-state index in [0.29, 0.717) is 48.3 Å². The fourth-order valence-electron chi connectivity index (χ4n) is 3.90. The van der Waals surface area contributed by atoms with Crippen molar-refractivity contribution in [3.63, 3.8) is 0 Å². The van der Waals surface area contributed by atoms with Gasteiger partial charge in [-0.25, -0.2) is 0 Å². The molecule has 0 bridgehead atoms. The number of ether oxygens (including phenoxy) is 2. The SMILES string of the molecule is CCOc1ccc(Cl)cc1C(c1cc(Cl)ccc1OC)N1CCC(C(=O)O)CC1. The van der Waals surface area contributed by atoms with Crippen molar-refractivity contribution in [2.24, 2.45) is 5.92 Å². The van der Waals surface area contributed by atoms with Gasteiger partial charge in [-0.15, -0.1) is 0 Å². The summed E-state index contributed by atoms with van der Waals surface area (Å²) in [4.78, 5) is 13.7. The zero-order chi connectivity index (χ0) is 21.0. The Kier molecular flexibility index (Phi) is 7.28. The van der Waals surface area contributed by atoms with Crippen LogP contribution in [0.2, 0.25) is 10.0 Å². The molecule has 0 radical (unpaired) electrons. The Balaban J connectivity index is 2.10. The summed E-state index contributed by atoms with van der Waals surface area (Å²) in [6, 6.07) is 10.9. The highest BCUT2D eigenvalue weighted by atomic mass is 35.5. The van der Waals surface area contributed by atoms with E-state index in [4.69, 9.17) is 32.7 Å². The topological polar surface area (TPSA) is 59.0 Å². The molecule has 29 heavy (non-hydrogen) atoms. The predicted molar refractivity (Wildman–Crippen MR) is 114 cm³/mol. The van der Waals surface area contributed by atoms with Crippen LogP contribution < -0.4 is 9.47 Å². The molecule has 0 amide bonds. The molecule has 7 heteroatoms. The Morgan fingerprint density at radius 2 is 1.66 bits per heavy atom. The van der Waals surface area contributed by atoms with Gasteiger partial charge in [-0.3, -0.25) is 9.69 Å². The molecule has 0 aliphatic carbocycles. The lowest BCUT2D eigenvalue weighted by Gasteiger charge is -2.38. The minimum absolute atomic E-state index is 0.223. The summed E-state index contributed by atoms with van der Waals surface area (Å²) in [6.45, 7) is 3.73. The van der Waals surface area contributed by atoms with E-state index >= 15 is 0 Å². The van der Waals surface area contributed by atoms with Gasteiger partial charge in [-0.1, -0.05) is 23.2 Å². The van der Waals surface area contributed by atoms with Crippen LogP contribution in [0.25, 0.3) is 0 Å². The first kappa shape index (κ1) is 21.8. The predicted octanol–water partition coefficient (Wildman–Crippen LogP) is 5.29. The molecule has 1 unspecified atom stereocenters. The summed E-state index contributed by atoms with van der Waals surface area (Å²) in [5, 5.41) is 10.6. The van der Waals surface area contributed by atoms with Crippen molar-refractivity contribution in [3.8, 4) is 11.5 Å². The Morgan fingerprint density at radius 1 is 1.10 bits per heavy atom. The van der Waals surface area contributed by atoms with Gasteiger partial charge in [0, 0.05) is 21.2 Å². The van der Waals surface area contributed by atoms with Gasteiger partial charge in [0.1, 0.15) is 11.5 Å². The minimum Gasteiger partial charge on any atom is -0.496 e. The van der Waals surface area contributed by atoms with Crippen molar-refractivity contribution < 1.29 is 19.4 Å². The standard InChI is InChI=1S/C22H25Cl2NO4/c1-3-29-20-7-5-16(24)13-18(20)21(17-12-15(23)4-6-19(17)28-2)25-10-8-14(9-11-25)22(26)27/h4-7,12-14,21H,3,8-11H2,1-2H3,(H,26,27). The number of rotatable bonds is 7. The molecule has 1 aliphatic heterocycles. The van der Waals surface area contributed by atoms with Crippen LogP contribution in [0.1, 0.15) is 36.9 Å². The first-order chi connectivity index (χ1) is 13.9. The lowest BCUT2D eigenvalue weighted by molar-refractivity contribution is -0.143. The van der Waals surface area contributed by atoms with Gasteiger partial charge in [0.15, 0.2) is 0 Å². The molecule has 1 N–H and O–H groups in total. The molecule has 2 aromatic carbocycles. The van der Waals surface area contributed by atoms with Gasteiger partial charge in [0.05, 0.1) is 25.7 Å². The van der Waals surface area contributed by atoms with Crippen molar-refractivity contribution in [1.82, 2.24) is 4.90 Å². The maximum Gasteiger partial charge on any atom is 0.306 e. The van der Waals surface area contributed by atoms with Gasteiger partial charge < -0.3 is 14.6 Å². The van der Waals surface area contributed by atoms with Gasteiger partial charge in [-0.2, -0.15) is 0 Å². The number of halogens is 2. The molecular weight excluding hydrogens is 413 g/mol. The lowest BCUT2D eigenvalue weighted by Crippen LogP contribution is -2.39. The maximum atomic E-state index is 11.4. The number of nitrogens with zero attached hydrogens (tertiary/aromatic N) is 1. The molecule has 1 saturated heterocycles. The summed E-state index contributed by atoms with van der Waals surface area (Å²) in [5.74, 6) is 0.393. The van der Waals surface area contributed by atoms with E-state index < -0.39 is 5.97 Å². The van der Waals surface area contributed by atoms with Crippen molar-refractivity contribution in [3.05, 3.63) is 57.6 Å². The normalized spacial score (nSPS) is 16.4. The molecule has 1 fully saturated rings. The lowest BCUT2D eigenvalue weighted by atomic mass is 9.90. The van der Waals surface area contributed by atoms with Crippen LogP contribution in [-0.2, 0) is 4.79 Å². The summed E-state index contributed by atoms with van der Waals surface area (Å²) in [7, 11) is 1.63. The number of aliphatic carboxylic acids is 1. The summed E-state index contributed by atoms with van der Waals surface area (Å²) < 4.78 is 11.5. The number of likely N-dealkylation sites (tertiary alicyclic amines) is 1. The highest BCUT2D eigenvalue weighted by Crippen LogP contribution is 2.42. The van der Waals surface area contributed by atoms with Crippen molar-refractivity contribution in [2.75, 3.05) is 26.8 Å². The molecule has 0 aromatic heterocycles. The maximum absolute atomic E-state index is 11.4. The first-order valence-electron chi connectivity index (χ1n) is 9.67. The largest absolute Gasteiger partial charge is 0.496 e. The molecule has 3 rings (SSSR count). The van der Waals surface area contributed by atoms with Crippen LogP contribution in [-0.4, -0.2) is 42.8 Å². The summed E-state index contributed by atoms with van der Waals surface area (Å²) >= 11 is 12.7. The minimum atomic E-state index is -0.737. The van der Waals surface area contributed by atoms with Gasteiger partial charge in [0.25, 0.3) is 0 Å². The van der Waals surface area contributed by atoms with Gasteiger partial charge >= 0.3 is 5.97 Å². The molecule has 0 spiro atoms. The summed E-state index contributed by atoms with van der Waals surface area (Å²) in [5.41, 5.74) is 1.81. The fraction of sp³-hybridized carbons (Fsp3) is 0.409. The number of carbonyl (C=O) groups is 1. The van der Waals surface area contributed by atoms with E-state index in [0.717, 1.165) is 16.9 Å². The van der Waals surface area contributed by atoms with E-state index in [1.54, 1.807) is 19.2 Å². The first-order valence-corrected chi connectivity index (χ1v) is 10.4. The second-order valence-corrected chi connectivity index (χ2v) is 7.93. The number of hydrogen-bond donors (Lipinski definition) is 1. The number of hydrogen-bond acceptors (Lipinski definition) is 4. The smallest absolute Gasteiger partial charge is 0.306 e.